The molecular weight excluding hydrogens is 324 g/mol. The number of fused-ring (bicyclic) bond motifs is 1. The molecule has 26 heavy (non-hydrogen) atoms. The van der Waals surface area contributed by atoms with Crippen LogP contribution in [0.25, 0.3) is 16.5 Å². The van der Waals surface area contributed by atoms with Gasteiger partial charge in [0.15, 0.2) is 0 Å². The smallest absolute Gasteiger partial charge is 0.128 e. The van der Waals surface area contributed by atoms with E-state index in [1.807, 2.05) is 36.5 Å². The number of hydrogen-bond donors (Lipinski definition) is 2. The molecule has 0 unspecified atom stereocenters. The lowest BCUT2D eigenvalue weighted by atomic mass is 9.99. The van der Waals surface area contributed by atoms with E-state index in [1.165, 1.54) is 11.1 Å². The highest BCUT2D eigenvalue weighted by atomic mass is 16.5. The summed E-state index contributed by atoms with van der Waals surface area (Å²) in [6.07, 6.45) is 4.68. The molecule has 3 aromatic rings. The minimum atomic E-state index is -0.504. The Bertz CT molecular complexity index is 885. The lowest BCUT2D eigenvalue weighted by Gasteiger charge is -2.28. The molecular formula is C22H24N2O2. The fourth-order valence-corrected chi connectivity index (χ4v) is 3.51. The minimum Gasteiger partial charge on any atom is -0.490 e. The van der Waals surface area contributed by atoms with E-state index in [0.29, 0.717) is 13.2 Å². The summed E-state index contributed by atoms with van der Waals surface area (Å²) in [5.74, 6) is 0.813. The number of hydrogen-bond acceptors (Lipinski definition) is 3. The molecule has 4 nitrogen and oxygen atoms in total. The zero-order valence-corrected chi connectivity index (χ0v) is 14.8. The summed E-state index contributed by atoms with van der Waals surface area (Å²) in [6.45, 7) is 2.76. The summed E-state index contributed by atoms with van der Waals surface area (Å²) in [5.41, 5.74) is 3.74. The van der Waals surface area contributed by atoms with Crippen LogP contribution in [-0.2, 0) is 0 Å². The van der Waals surface area contributed by atoms with Gasteiger partial charge in [-0.15, -0.1) is 0 Å². The van der Waals surface area contributed by atoms with Crippen LogP contribution in [0.4, 0.5) is 0 Å². The average molecular weight is 348 g/mol. The van der Waals surface area contributed by atoms with Crippen LogP contribution in [0.2, 0.25) is 0 Å². The van der Waals surface area contributed by atoms with E-state index < -0.39 is 6.10 Å². The Balaban J connectivity index is 1.30. The highest BCUT2D eigenvalue weighted by Crippen LogP contribution is 2.25. The lowest BCUT2D eigenvalue weighted by molar-refractivity contribution is 0.0722. The molecule has 1 aliphatic heterocycles. The van der Waals surface area contributed by atoms with Crippen molar-refractivity contribution in [2.75, 3.05) is 26.2 Å². The zero-order valence-electron chi connectivity index (χ0n) is 14.8. The van der Waals surface area contributed by atoms with Gasteiger partial charge in [-0.25, -0.2) is 0 Å². The van der Waals surface area contributed by atoms with Crippen molar-refractivity contribution in [2.24, 2.45) is 0 Å². The molecule has 0 spiro atoms. The maximum Gasteiger partial charge on any atom is 0.128 e. The largest absolute Gasteiger partial charge is 0.490 e. The topological polar surface area (TPSA) is 48.5 Å². The Labute approximate surface area is 153 Å². The van der Waals surface area contributed by atoms with Crippen LogP contribution in [-0.4, -0.2) is 47.3 Å². The summed E-state index contributed by atoms with van der Waals surface area (Å²) in [5, 5.41) is 11.4. The summed E-state index contributed by atoms with van der Waals surface area (Å²) >= 11 is 0. The molecule has 0 saturated carbocycles. The molecule has 134 valence electrons. The molecule has 2 N–H and O–H groups in total. The number of nitrogens with zero attached hydrogens (tertiary/aromatic N) is 1. The van der Waals surface area contributed by atoms with Crippen molar-refractivity contribution in [2.45, 2.75) is 12.5 Å². The van der Waals surface area contributed by atoms with Gasteiger partial charge < -0.3 is 14.8 Å². The van der Waals surface area contributed by atoms with Crippen molar-refractivity contribution in [1.82, 2.24) is 9.88 Å². The first-order chi connectivity index (χ1) is 12.8. The fraction of sp³-hybridized carbons (Fsp3) is 0.273. The second-order valence-electron chi connectivity index (χ2n) is 6.76. The van der Waals surface area contributed by atoms with E-state index in [2.05, 4.69) is 40.2 Å². The van der Waals surface area contributed by atoms with Gasteiger partial charge in [-0.05, 0) is 35.8 Å². The highest BCUT2D eigenvalue weighted by molar-refractivity contribution is 5.85. The van der Waals surface area contributed by atoms with E-state index in [0.717, 1.165) is 36.2 Å². The Morgan fingerprint density at radius 2 is 1.96 bits per heavy atom. The van der Waals surface area contributed by atoms with Crippen LogP contribution in [0.15, 0.2) is 66.9 Å². The van der Waals surface area contributed by atoms with Crippen LogP contribution >= 0.6 is 0 Å². The monoisotopic (exact) mass is 348 g/mol. The SMILES string of the molecule is O[C@H](COc1cccc2[nH]ccc12)CN1CC=C(c2ccccc2)CC1. The van der Waals surface area contributed by atoms with Crippen LogP contribution in [0.3, 0.4) is 0 Å². The van der Waals surface area contributed by atoms with Crippen molar-refractivity contribution < 1.29 is 9.84 Å². The van der Waals surface area contributed by atoms with Gasteiger partial charge in [-0.3, -0.25) is 4.90 Å². The molecule has 0 aliphatic carbocycles. The quantitative estimate of drug-likeness (QED) is 0.714. The first-order valence-electron chi connectivity index (χ1n) is 9.13. The van der Waals surface area contributed by atoms with Gasteiger partial charge in [-0.1, -0.05) is 42.5 Å². The molecule has 0 bridgehead atoms. The summed E-state index contributed by atoms with van der Waals surface area (Å²) < 4.78 is 5.86. The number of rotatable bonds is 6. The minimum absolute atomic E-state index is 0.302. The van der Waals surface area contributed by atoms with Crippen LogP contribution < -0.4 is 4.74 Å². The molecule has 0 radical (unpaired) electrons. The van der Waals surface area contributed by atoms with Crippen molar-refractivity contribution >= 4 is 16.5 Å². The highest BCUT2D eigenvalue weighted by Gasteiger charge is 2.17. The number of aliphatic hydroxyl groups is 1. The molecule has 0 fully saturated rings. The number of aliphatic hydroxyl groups excluding tert-OH is 1. The van der Waals surface area contributed by atoms with Crippen molar-refractivity contribution in [3.8, 4) is 5.75 Å². The summed E-state index contributed by atoms with van der Waals surface area (Å²) in [7, 11) is 0. The second kappa shape index (κ2) is 7.77. The molecule has 4 heteroatoms. The van der Waals surface area contributed by atoms with Crippen molar-refractivity contribution in [3.05, 3.63) is 72.4 Å². The number of aromatic amines is 1. The number of H-pyrrole nitrogens is 1. The molecule has 0 saturated heterocycles. The van der Waals surface area contributed by atoms with E-state index >= 15 is 0 Å². The zero-order chi connectivity index (χ0) is 17.8. The van der Waals surface area contributed by atoms with Crippen LogP contribution in [0, 0.1) is 0 Å². The first kappa shape index (κ1) is 16.9. The molecule has 1 atom stereocenters. The number of ether oxygens (including phenoxy) is 1. The Kier molecular flexibility index (Phi) is 5.04. The van der Waals surface area contributed by atoms with Crippen LogP contribution in [0.1, 0.15) is 12.0 Å². The predicted molar refractivity (Wildman–Crippen MR) is 105 cm³/mol. The predicted octanol–water partition coefficient (Wildman–Crippen LogP) is 3.70. The van der Waals surface area contributed by atoms with Gasteiger partial charge >= 0.3 is 0 Å². The lowest BCUT2D eigenvalue weighted by Crippen LogP contribution is -2.38. The maximum absolute atomic E-state index is 10.4. The maximum atomic E-state index is 10.4. The molecule has 1 aliphatic rings. The third-order valence-corrected chi connectivity index (χ3v) is 4.89. The molecule has 0 amide bonds. The third kappa shape index (κ3) is 3.82. The molecule has 1 aromatic heterocycles. The number of nitrogens with one attached hydrogen (secondary N) is 1. The van der Waals surface area contributed by atoms with Crippen molar-refractivity contribution in [3.63, 3.8) is 0 Å². The Hall–Kier alpha value is -2.56. The van der Waals surface area contributed by atoms with Gasteiger partial charge in [0.1, 0.15) is 18.5 Å². The normalized spacial score (nSPS) is 16.4. The molecule has 4 rings (SSSR count). The number of benzene rings is 2. The van der Waals surface area contributed by atoms with E-state index in [4.69, 9.17) is 4.74 Å². The van der Waals surface area contributed by atoms with Gasteiger partial charge in [0.25, 0.3) is 0 Å². The number of aromatic nitrogens is 1. The summed E-state index contributed by atoms with van der Waals surface area (Å²) in [6, 6.07) is 18.4. The Morgan fingerprint density at radius 1 is 1.08 bits per heavy atom. The van der Waals surface area contributed by atoms with Gasteiger partial charge in [-0.2, -0.15) is 0 Å². The average Bonchev–Trinajstić information content (AvgIpc) is 3.17. The Morgan fingerprint density at radius 3 is 2.77 bits per heavy atom. The van der Waals surface area contributed by atoms with E-state index in [-0.39, 0.29) is 0 Å². The van der Waals surface area contributed by atoms with E-state index in [9.17, 15) is 5.11 Å². The van der Waals surface area contributed by atoms with Gasteiger partial charge in [0.2, 0.25) is 0 Å². The molecule has 2 aromatic carbocycles. The number of β-amino-alcohol motifs (C(OH)–C–C–N with tert-alkyl or cyclic N) is 1. The molecule has 2 heterocycles. The fourth-order valence-electron chi connectivity index (χ4n) is 3.51. The van der Waals surface area contributed by atoms with Crippen LogP contribution in [0.5, 0.6) is 5.75 Å². The second-order valence-corrected chi connectivity index (χ2v) is 6.76. The first-order valence-corrected chi connectivity index (χ1v) is 9.13. The van der Waals surface area contributed by atoms with Gasteiger partial charge in [0, 0.05) is 36.7 Å². The van der Waals surface area contributed by atoms with E-state index in [1.54, 1.807) is 0 Å². The van der Waals surface area contributed by atoms with Gasteiger partial charge in [0.05, 0.1) is 0 Å². The third-order valence-electron chi connectivity index (χ3n) is 4.89. The standard InChI is InChI=1S/C22H24N2O2/c25-19(16-26-22-8-4-7-21-20(22)9-12-23-21)15-24-13-10-18(11-14-24)17-5-2-1-3-6-17/h1-10,12,19,23,25H,11,13-16H2/t19-/m0/s1. The van der Waals surface area contributed by atoms with Crippen molar-refractivity contribution in [1.29, 1.82) is 0 Å². The summed E-state index contributed by atoms with van der Waals surface area (Å²) in [4.78, 5) is 5.45.